The highest BCUT2D eigenvalue weighted by atomic mass is 15.3. The molecule has 9 aromatic rings. The Morgan fingerprint density at radius 3 is 1.33 bits per heavy atom. The van der Waals surface area contributed by atoms with Crippen molar-refractivity contribution in [1.29, 1.82) is 0 Å². The van der Waals surface area contributed by atoms with Gasteiger partial charge in [-0.15, -0.1) is 0 Å². The zero-order chi connectivity index (χ0) is 57.8. The second-order valence-electron chi connectivity index (χ2n) is 29.1. The van der Waals surface area contributed by atoms with Crippen LogP contribution in [0.15, 0.2) is 182 Å². The standard InChI is InChI=1S/C78H82BN3/c1-49-41-50(2)72-62(42-49)77(15)40-39-53-29-23-24-30-61(53)78(77,16)82(72)58-47-69-71-70(48-58)81(66-38-34-55(74(6,7)8)44-60(66)52-27-21-18-22-28-52)68-46-57(76(12,13)14)32-36-64(68)79(71)63-35-31-56(75(9,10)11)45-67(63)80(69)65-37-33-54(73(3,4)5)43-59(65)51-25-19-17-20-26-51/h17-38,41-48H,39-40H2,1-16H3. The molecule has 0 fully saturated rings. The summed E-state index contributed by atoms with van der Waals surface area (Å²) in [5.41, 5.74) is 29.9. The Kier molecular flexibility index (Phi) is 12.1. The first kappa shape index (κ1) is 53.7. The molecule has 3 aliphatic heterocycles. The van der Waals surface area contributed by atoms with Gasteiger partial charge in [-0.1, -0.05) is 229 Å². The summed E-state index contributed by atoms with van der Waals surface area (Å²) in [5.74, 6) is 0. The van der Waals surface area contributed by atoms with Crippen molar-refractivity contribution in [3.05, 3.63) is 232 Å². The number of fused-ring (bicyclic) bond motifs is 9. The van der Waals surface area contributed by atoms with Crippen LogP contribution >= 0.6 is 0 Å². The van der Waals surface area contributed by atoms with Gasteiger partial charge in [-0.05, 0) is 176 Å². The molecule has 13 rings (SSSR count). The molecule has 0 N–H and O–H groups in total. The van der Waals surface area contributed by atoms with Crippen LogP contribution in [-0.2, 0) is 39.0 Å². The molecule has 3 nitrogen and oxygen atoms in total. The molecule has 9 aromatic carbocycles. The van der Waals surface area contributed by atoms with Crippen LogP contribution in [0, 0.1) is 13.8 Å². The lowest BCUT2D eigenvalue weighted by atomic mass is 9.33. The van der Waals surface area contributed by atoms with E-state index in [0.29, 0.717) is 0 Å². The van der Waals surface area contributed by atoms with Crippen molar-refractivity contribution < 1.29 is 0 Å². The maximum atomic E-state index is 2.83. The zero-order valence-corrected chi connectivity index (χ0v) is 51.7. The van der Waals surface area contributed by atoms with Gasteiger partial charge in [-0.25, -0.2) is 0 Å². The third-order valence-electron chi connectivity index (χ3n) is 19.6. The van der Waals surface area contributed by atoms with E-state index in [4.69, 9.17) is 0 Å². The Morgan fingerprint density at radius 2 is 0.854 bits per heavy atom. The minimum atomic E-state index is -0.441. The van der Waals surface area contributed by atoms with Crippen molar-refractivity contribution in [3.63, 3.8) is 0 Å². The Hall–Kier alpha value is -7.56. The number of anilines is 8. The van der Waals surface area contributed by atoms with Gasteiger partial charge in [0.2, 0.25) is 0 Å². The van der Waals surface area contributed by atoms with Gasteiger partial charge >= 0.3 is 0 Å². The van der Waals surface area contributed by atoms with Crippen LogP contribution in [0.1, 0.15) is 153 Å². The molecular weight excluding hydrogens is 990 g/mol. The second-order valence-corrected chi connectivity index (χ2v) is 29.1. The van der Waals surface area contributed by atoms with Crippen LogP contribution in [0.5, 0.6) is 0 Å². The summed E-state index contributed by atoms with van der Waals surface area (Å²) >= 11 is 0. The summed E-state index contributed by atoms with van der Waals surface area (Å²) in [7, 11) is 0. The predicted molar refractivity (Wildman–Crippen MR) is 354 cm³/mol. The largest absolute Gasteiger partial charge is 0.330 e. The molecule has 2 unspecified atom stereocenters. The Morgan fingerprint density at radius 1 is 0.415 bits per heavy atom. The summed E-state index contributed by atoms with van der Waals surface area (Å²) in [5, 5.41) is 0. The maximum absolute atomic E-state index is 2.83. The number of nitrogens with zero attached hydrogens (tertiary/aromatic N) is 3. The van der Waals surface area contributed by atoms with Gasteiger partial charge in [-0.2, -0.15) is 0 Å². The van der Waals surface area contributed by atoms with Crippen LogP contribution in [0.2, 0.25) is 0 Å². The van der Waals surface area contributed by atoms with E-state index in [1.54, 1.807) is 0 Å². The molecule has 0 saturated carbocycles. The average Bonchev–Trinajstić information content (AvgIpc) is 1.63. The topological polar surface area (TPSA) is 9.72 Å². The minimum Gasteiger partial charge on any atom is -0.330 e. The van der Waals surface area contributed by atoms with E-state index in [1.807, 2.05) is 0 Å². The fraction of sp³-hybridized carbons (Fsp3) is 0.308. The fourth-order valence-electron chi connectivity index (χ4n) is 14.8. The van der Waals surface area contributed by atoms with E-state index in [-0.39, 0.29) is 33.8 Å². The first-order chi connectivity index (χ1) is 38.8. The van der Waals surface area contributed by atoms with E-state index in [1.165, 1.54) is 134 Å². The van der Waals surface area contributed by atoms with Gasteiger partial charge in [0.1, 0.15) is 0 Å². The SMILES string of the molecule is Cc1cc(C)c2c(c1)C1(C)CCc3ccccc3C1(C)N2c1cc2c3c(c1)N(c1ccc(C(C)(C)C)cc1-c1ccccc1)c1cc(C(C)(C)C)ccc1B3c1ccc(C(C)(C)C)cc1N2c1ccc(C(C)(C)C)cc1-c1ccccc1. The molecule has 3 heterocycles. The summed E-state index contributed by atoms with van der Waals surface area (Å²) in [6.45, 7) is 38.0. The van der Waals surface area contributed by atoms with E-state index in [0.717, 1.165) is 12.8 Å². The predicted octanol–water partition coefficient (Wildman–Crippen LogP) is 19.2. The van der Waals surface area contributed by atoms with Crippen molar-refractivity contribution >= 4 is 68.6 Å². The van der Waals surface area contributed by atoms with Gasteiger partial charge in [0.05, 0.1) is 16.9 Å². The molecule has 0 aromatic heterocycles. The molecule has 4 aliphatic rings. The lowest BCUT2D eigenvalue weighted by Gasteiger charge is -2.52. The summed E-state index contributed by atoms with van der Waals surface area (Å²) in [4.78, 5) is 8.25. The van der Waals surface area contributed by atoms with Crippen LogP contribution in [0.4, 0.5) is 45.5 Å². The third kappa shape index (κ3) is 8.19. The monoisotopic (exact) mass is 1070 g/mol. The molecule has 0 radical (unpaired) electrons. The Bertz CT molecular complexity index is 3860. The second kappa shape index (κ2) is 18.5. The molecule has 0 saturated heterocycles. The van der Waals surface area contributed by atoms with Gasteiger partial charge in [0.15, 0.2) is 0 Å². The molecule has 1 aliphatic carbocycles. The molecule has 0 spiro atoms. The highest BCUT2D eigenvalue weighted by Gasteiger charge is 2.61. The molecule has 0 amide bonds. The number of benzene rings is 9. The van der Waals surface area contributed by atoms with E-state index in [2.05, 4.69) is 307 Å². The van der Waals surface area contributed by atoms with Crippen LogP contribution < -0.4 is 31.1 Å². The smallest absolute Gasteiger partial charge is 0.252 e. The lowest BCUT2D eigenvalue weighted by molar-refractivity contribution is 0.245. The van der Waals surface area contributed by atoms with Crippen LogP contribution in [0.25, 0.3) is 22.3 Å². The molecular formula is C78H82BN3. The highest BCUT2D eigenvalue weighted by Crippen LogP contribution is 2.65. The van der Waals surface area contributed by atoms with Crippen LogP contribution in [0.3, 0.4) is 0 Å². The van der Waals surface area contributed by atoms with Gasteiger partial charge in [0.25, 0.3) is 6.71 Å². The van der Waals surface area contributed by atoms with Crippen molar-refractivity contribution in [2.75, 3.05) is 14.7 Å². The van der Waals surface area contributed by atoms with Crippen molar-refractivity contribution in [3.8, 4) is 22.3 Å². The summed E-state index contributed by atoms with van der Waals surface area (Å²) in [6.07, 6.45) is 2.10. The molecule has 4 heteroatoms. The number of hydrogen-bond donors (Lipinski definition) is 0. The Balaban J connectivity index is 1.23. The normalized spacial score (nSPS) is 18.1. The lowest BCUT2D eigenvalue weighted by Crippen LogP contribution is -2.61. The molecule has 2 atom stereocenters. The summed E-state index contributed by atoms with van der Waals surface area (Å²) in [6, 6.07) is 71.6. The van der Waals surface area contributed by atoms with Crippen LogP contribution in [-0.4, -0.2) is 6.71 Å². The van der Waals surface area contributed by atoms with Crippen molar-refractivity contribution in [1.82, 2.24) is 0 Å². The van der Waals surface area contributed by atoms with Crippen molar-refractivity contribution in [2.24, 2.45) is 0 Å². The van der Waals surface area contributed by atoms with E-state index >= 15 is 0 Å². The van der Waals surface area contributed by atoms with E-state index in [9.17, 15) is 0 Å². The van der Waals surface area contributed by atoms with Gasteiger partial charge in [0, 0.05) is 50.7 Å². The van der Waals surface area contributed by atoms with Gasteiger partial charge in [-0.3, -0.25) is 0 Å². The number of hydrogen-bond acceptors (Lipinski definition) is 3. The highest BCUT2D eigenvalue weighted by molar-refractivity contribution is 7.00. The molecule has 412 valence electrons. The number of aryl methyl sites for hydroxylation is 3. The zero-order valence-electron chi connectivity index (χ0n) is 51.7. The summed E-state index contributed by atoms with van der Waals surface area (Å²) < 4.78 is 0. The average molecular weight is 1070 g/mol. The molecule has 0 bridgehead atoms. The fourth-order valence-corrected chi connectivity index (χ4v) is 14.8. The quantitative estimate of drug-likeness (QED) is 0.159. The maximum Gasteiger partial charge on any atom is 0.252 e. The minimum absolute atomic E-state index is 0.0711. The molecule has 82 heavy (non-hydrogen) atoms. The first-order valence-corrected chi connectivity index (χ1v) is 30.2. The first-order valence-electron chi connectivity index (χ1n) is 30.2. The van der Waals surface area contributed by atoms with Gasteiger partial charge < -0.3 is 14.7 Å². The van der Waals surface area contributed by atoms with E-state index < -0.39 is 5.54 Å². The third-order valence-corrected chi connectivity index (χ3v) is 19.6. The number of rotatable bonds is 5. The van der Waals surface area contributed by atoms with Crippen molar-refractivity contribution in [2.45, 2.75) is 156 Å². The Labute approximate surface area is 491 Å².